The molecular weight excluding hydrogens is 303 g/mol. The maximum Gasteiger partial charge on any atom is 0.0439 e. The van der Waals surface area contributed by atoms with Crippen molar-refractivity contribution >= 4 is 23.2 Å². The fraction of sp³-hybridized carbons (Fsp3) is 0.647. The minimum absolute atomic E-state index is 0.261. The number of nitrogens with two attached hydrogens (primary N) is 1. The summed E-state index contributed by atoms with van der Waals surface area (Å²) in [6.07, 6.45) is 11.1. The molecule has 0 amide bonds. The van der Waals surface area contributed by atoms with Crippen molar-refractivity contribution in [3.8, 4) is 0 Å². The van der Waals surface area contributed by atoms with Gasteiger partial charge in [0.15, 0.2) is 0 Å². The molecule has 0 aliphatic carbocycles. The minimum atomic E-state index is 0.261. The van der Waals surface area contributed by atoms with Crippen molar-refractivity contribution in [2.24, 2.45) is 5.84 Å². The molecule has 1 unspecified atom stereocenters. The lowest BCUT2D eigenvalue weighted by Gasteiger charge is -2.17. The molecule has 1 rings (SSSR count). The molecule has 0 radical (unpaired) electrons. The molecule has 0 saturated heterocycles. The first-order valence-corrected chi connectivity index (χ1v) is 8.83. The molecule has 0 aromatic heterocycles. The van der Waals surface area contributed by atoms with E-state index in [2.05, 4.69) is 12.3 Å². The molecule has 1 aromatic rings. The van der Waals surface area contributed by atoms with E-state index >= 15 is 0 Å². The van der Waals surface area contributed by atoms with Crippen LogP contribution in [-0.2, 0) is 6.42 Å². The molecule has 0 aliphatic rings. The molecule has 0 heterocycles. The van der Waals surface area contributed by atoms with Gasteiger partial charge in [0.05, 0.1) is 0 Å². The number of halogens is 2. The van der Waals surface area contributed by atoms with E-state index in [1.165, 1.54) is 44.9 Å². The summed E-state index contributed by atoms with van der Waals surface area (Å²) in [5.41, 5.74) is 3.97. The summed E-state index contributed by atoms with van der Waals surface area (Å²) < 4.78 is 0. The number of nitrogens with one attached hydrogen (secondary N) is 1. The second-order valence-corrected chi connectivity index (χ2v) is 6.56. The fourth-order valence-corrected chi connectivity index (χ4v) is 2.95. The fourth-order valence-electron chi connectivity index (χ4n) is 2.56. The van der Waals surface area contributed by atoms with Crippen molar-refractivity contribution in [1.29, 1.82) is 0 Å². The molecule has 0 saturated carbocycles. The molecule has 21 heavy (non-hydrogen) atoms. The number of unbranched alkanes of at least 4 members (excludes halogenated alkanes) is 6. The van der Waals surface area contributed by atoms with Crippen LogP contribution in [0.25, 0.3) is 0 Å². The molecular formula is C17H28Cl2N2. The van der Waals surface area contributed by atoms with Crippen molar-refractivity contribution in [2.75, 3.05) is 0 Å². The summed E-state index contributed by atoms with van der Waals surface area (Å²) in [6.45, 7) is 2.25. The third kappa shape index (κ3) is 8.06. The van der Waals surface area contributed by atoms with Gasteiger partial charge >= 0.3 is 0 Å². The van der Waals surface area contributed by atoms with Crippen LogP contribution in [0.1, 0.15) is 63.9 Å². The highest BCUT2D eigenvalue weighted by Gasteiger charge is 2.10. The molecule has 120 valence electrons. The zero-order chi connectivity index (χ0) is 15.5. The van der Waals surface area contributed by atoms with Crippen LogP contribution in [0, 0.1) is 0 Å². The third-order valence-electron chi connectivity index (χ3n) is 3.87. The summed E-state index contributed by atoms with van der Waals surface area (Å²) in [4.78, 5) is 0. The van der Waals surface area contributed by atoms with Gasteiger partial charge in [-0.3, -0.25) is 11.3 Å². The van der Waals surface area contributed by atoms with Crippen molar-refractivity contribution in [2.45, 2.75) is 70.8 Å². The number of hydrogen-bond acceptors (Lipinski definition) is 2. The molecule has 1 aromatic carbocycles. The number of benzene rings is 1. The summed E-state index contributed by atoms with van der Waals surface area (Å²) in [6, 6.07) is 5.85. The van der Waals surface area contributed by atoms with Crippen molar-refractivity contribution in [3.63, 3.8) is 0 Å². The van der Waals surface area contributed by atoms with E-state index in [0.717, 1.165) is 28.5 Å². The quantitative estimate of drug-likeness (QED) is 0.319. The van der Waals surface area contributed by atoms with E-state index < -0.39 is 0 Å². The normalized spacial score (nSPS) is 12.6. The van der Waals surface area contributed by atoms with Gasteiger partial charge in [-0.1, -0.05) is 75.1 Å². The van der Waals surface area contributed by atoms with Crippen LogP contribution >= 0.6 is 23.2 Å². The average Bonchev–Trinajstić information content (AvgIpc) is 2.48. The van der Waals surface area contributed by atoms with E-state index in [9.17, 15) is 0 Å². The zero-order valence-corrected chi connectivity index (χ0v) is 14.5. The Hall–Kier alpha value is -0.280. The topological polar surface area (TPSA) is 38.0 Å². The summed E-state index contributed by atoms with van der Waals surface area (Å²) >= 11 is 12.2. The SMILES string of the molecule is CCCCCCCCCC(Cc1cc(Cl)ccc1Cl)NN. The van der Waals surface area contributed by atoms with Crippen molar-refractivity contribution < 1.29 is 0 Å². The maximum atomic E-state index is 6.20. The molecule has 0 spiro atoms. The lowest BCUT2D eigenvalue weighted by Crippen LogP contribution is -2.36. The molecule has 0 aliphatic heterocycles. The largest absolute Gasteiger partial charge is 0.271 e. The van der Waals surface area contributed by atoms with Crippen LogP contribution in [0.2, 0.25) is 10.0 Å². The van der Waals surface area contributed by atoms with Gasteiger partial charge < -0.3 is 0 Å². The predicted octanol–water partition coefficient (Wildman–Crippen LogP) is 5.51. The number of hydrazine groups is 1. The monoisotopic (exact) mass is 330 g/mol. The first-order valence-electron chi connectivity index (χ1n) is 8.07. The first-order chi connectivity index (χ1) is 10.2. The molecule has 4 heteroatoms. The summed E-state index contributed by atoms with van der Waals surface area (Å²) in [5.74, 6) is 5.66. The Morgan fingerprint density at radius 3 is 2.38 bits per heavy atom. The maximum absolute atomic E-state index is 6.20. The summed E-state index contributed by atoms with van der Waals surface area (Å²) in [5, 5.41) is 1.49. The van der Waals surface area contributed by atoms with Crippen LogP contribution < -0.4 is 11.3 Å². The van der Waals surface area contributed by atoms with Gasteiger partial charge in [-0.25, -0.2) is 0 Å². The van der Waals surface area contributed by atoms with E-state index in [1.807, 2.05) is 18.2 Å². The number of hydrogen-bond donors (Lipinski definition) is 2. The van der Waals surface area contributed by atoms with Crippen molar-refractivity contribution in [3.05, 3.63) is 33.8 Å². The lowest BCUT2D eigenvalue weighted by molar-refractivity contribution is 0.458. The highest BCUT2D eigenvalue weighted by molar-refractivity contribution is 6.33. The van der Waals surface area contributed by atoms with Gasteiger partial charge in [0, 0.05) is 16.1 Å². The van der Waals surface area contributed by atoms with E-state index in [4.69, 9.17) is 29.0 Å². The molecule has 0 fully saturated rings. The third-order valence-corrected chi connectivity index (χ3v) is 4.47. The predicted molar refractivity (Wildman–Crippen MR) is 93.9 cm³/mol. The standard InChI is InChI=1S/C17H28Cl2N2/c1-2-3-4-5-6-7-8-9-16(21-20)13-14-12-15(18)10-11-17(14)19/h10-12,16,21H,2-9,13,20H2,1H3. The van der Waals surface area contributed by atoms with Gasteiger partial charge in [-0.05, 0) is 36.6 Å². The van der Waals surface area contributed by atoms with Gasteiger partial charge in [-0.2, -0.15) is 0 Å². The van der Waals surface area contributed by atoms with Gasteiger partial charge in [-0.15, -0.1) is 0 Å². The Labute approximate surface area is 139 Å². The van der Waals surface area contributed by atoms with E-state index in [-0.39, 0.29) is 6.04 Å². The second kappa shape index (κ2) is 11.3. The molecule has 1 atom stereocenters. The van der Waals surface area contributed by atoms with Gasteiger partial charge in [0.2, 0.25) is 0 Å². The Morgan fingerprint density at radius 2 is 1.71 bits per heavy atom. The Bertz CT molecular complexity index is 396. The highest BCUT2D eigenvalue weighted by atomic mass is 35.5. The minimum Gasteiger partial charge on any atom is -0.271 e. The number of rotatable bonds is 11. The molecule has 3 N–H and O–H groups in total. The van der Waals surface area contributed by atoms with Crippen LogP contribution in [-0.4, -0.2) is 6.04 Å². The van der Waals surface area contributed by atoms with Crippen LogP contribution in [0.5, 0.6) is 0 Å². The molecule has 2 nitrogen and oxygen atoms in total. The van der Waals surface area contributed by atoms with Crippen LogP contribution in [0.15, 0.2) is 18.2 Å². The van der Waals surface area contributed by atoms with Crippen molar-refractivity contribution in [1.82, 2.24) is 5.43 Å². The van der Waals surface area contributed by atoms with Gasteiger partial charge in [0.25, 0.3) is 0 Å². The zero-order valence-electron chi connectivity index (χ0n) is 13.0. The van der Waals surface area contributed by atoms with Crippen LogP contribution in [0.4, 0.5) is 0 Å². The molecule has 0 bridgehead atoms. The first kappa shape index (κ1) is 18.8. The van der Waals surface area contributed by atoms with Gasteiger partial charge in [0.1, 0.15) is 0 Å². The average molecular weight is 331 g/mol. The Kier molecular flexibility index (Phi) is 10.1. The second-order valence-electron chi connectivity index (χ2n) is 5.71. The van der Waals surface area contributed by atoms with E-state index in [1.54, 1.807) is 0 Å². The Balaban J connectivity index is 2.27. The van der Waals surface area contributed by atoms with Crippen LogP contribution in [0.3, 0.4) is 0 Å². The highest BCUT2D eigenvalue weighted by Crippen LogP contribution is 2.23. The summed E-state index contributed by atoms with van der Waals surface area (Å²) in [7, 11) is 0. The van der Waals surface area contributed by atoms with E-state index in [0.29, 0.717) is 0 Å². The lowest BCUT2D eigenvalue weighted by atomic mass is 10.00. The smallest absolute Gasteiger partial charge is 0.0439 e. The Morgan fingerprint density at radius 1 is 1.05 bits per heavy atom.